The number of carbonyl (C=O) groups is 1. The van der Waals surface area contributed by atoms with Gasteiger partial charge in [-0.05, 0) is 50.3 Å². The first-order valence-corrected chi connectivity index (χ1v) is 10.7. The Morgan fingerprint density at radius 3 is 2.93 bits per heavy atom. The molecular weight excluding hydrogens is 378 g/mol. The standard InChI is InChI=1S/C20H21N3O2S2/c1-12(18(24)23-14-8-4-5-9-15(14)25-2)26-19-17-13-7-3-6-10-16(13)27-20(17)22-11-21-19/h4-5,8-9,11-12H,3,6-7,10H2,1-2H3,(H,23,24)/t12-/m1/s1. The predicted molar refractivity (Wildman–Crippen MR) is 111 cm³/mol. The molecule has 0 radical (unpaired) electrons. The van der Waals surface area contributed by atoms with Crippen molar-refractivity contribution in [3.8, 4) is 5.75 Å². The fourth-order valence-corrected chi connectivity index (χ4v) is 5.59. The second-order valence-corrected chi connectivity index (χ2v) is 8.93. The third-order valence-electron chi connectivity index (χ3n) is 4.74. The second-order valence-electron chi connectivity index (χ2n) is 6.52. The molecule has 27 heavy (non-hydrogen) atoms. The third kappa shape index (κ3) is 3.66. The number of thiophene rings is 1. The predicted octanol–water partition coefficient (Wildman–Crippen LogP) is 4.70. The molecule has 0 fully saturated rings. The number of ether oxygens (including phenoxy) is 1. The number of hydrogen-bond donors (Lipinski definition) is 1. The topological polar surface area (TPSA) is 64.1 Å². The second kappa shape index (κ2) is 7.86. The largest absolute Gasteiger partial charge is 0.495 e. The fraction of sp³-hybridized carbons (Fsp3) is 0.350. The van der Waals surface area contributed by atoms with Crippen LogP contribution < -0.4 is 10.1 Å². The van der Waals surface area contributed by atoms with Gasteiger partial charge < -0.3 is 10.1 Å². The van der Waals surface area contributed by atoms with Crippen LogP contribution in [0.2, 0.25) is 0 Å². The van der Waals surface area contributed by atoms with Crippen LogP contribution in [0, 0.1) is 0 Å². The van der Waals surface area contributed by atoms with E-state index in [1.807, 2.05) is 31.2 Å². The molecule has 3 aromatic rings. The number of rotatable bonds is 5. The number of carbonyl (C=O) groups excluding carboxylic acids is 1. The van der Waals surface area contributed by atoms with E-state index in [1.165, 1.54) is 35.0 Å². The van der Waals surface area contributed by atoms with Gasteiger partial charge in [0.05, 0.1) is 18.0 Å². The lowest BCUT2D eigenvalue weighted by molar-refractivity contribution is -0.115. The van der Waals surface area contributed by atoms with Gasteiger partial charge in [0.15, 0.2) is 0 Å². The van der Waals surface area contributed by atoms with Gasteiger partial charge in [-0.1, -0.05) is 23.9 Å². The van der Waals surface area contributed by atoms with Gasteiger partial charge in [-0.2, -0.15) is 0 Å². The molecule has 0 aliphatic heterocycles. The highest BCUT2D eigenvalue weighted by Crippen LogP contribution is 2.40. The number of methoxy groups -OCH3 is 1. The highest BCUT2D eigenvalue weighted by molar-refractivity contribution is 8.00. The zero-order chi connectivity index (χ0) is 18.8. The number of fused-ring (bicyclic) bond motifs is 3. The molecule has 1 amide bonds. The molecule has 0 bridgehead atoms. The highest BCUT2D eigenvalue weighted by atomic mass is 32.2. The molecule has 1 aliphatic rings. The van der Waals surface area contributed by atoms with E-state index in [0.29, 0.717) is 11.4 Å². The Balaban J connectivity index is 1.57. The molecule has 0 unspecified atom stereocenters. The van der Waals surface area contributed by atoms with E-state index < -0.39 is 0 Å². The van der Waals surface area contributed by atoms with Crippen LogP contribution in [0.3, 0.4) is 0 Å². The van der Waals surface area contributed by atoms with E-state index in [0.717, 1.165) is 28.1 Å². The molecule has 1 atom stereocenters. The van der Waals surface area contributed by atoms with Gasteiger partial charge in [0.25, 0.3) is 0 Å². The summed E-state index contributed by atoms with van der Waals surface area (Å²) in [7, 11) is 1.60. The third-order valence-corrected chi connectivity index (χ3v) is 7.04. The van der Waals surface area contributed by atoms with Crippen LogP contribution in [0.4, 0.5) is 5.69 Å². The number of anilines is 1. The van der Waals surface area contributed by atoms with Crippen molar-refractivity contribution in [1.82, 2.24) is 9.97 Å². The van der Waals surface area contributed by atoms with Crippen LogP contribution in [0.5, 0.6) is 5.75 Å². The Kier molecular flexibility index (Phi) is 5.31. The summed E-state index contributed by atoms with van der Waals surface area (Å²) in [5, 5.41) is 4.73. The number of aromatic nitrogens is 2. The molecule has 7 heteroatoms. The molecule has 1 aliphatic carbocycles. The molecule has 0 spiro atoms. The van der Waals surface area contributed by atoms with Gasteiger partial charge in [-0.3, -0.25) is 4.79 Å². The Hall–Kier alpha value is -2.12. The van der Waals surface area contributed by atoms with E-state index in [2.05, 4.69) is 15.3 Å². The van der Waals surface area contributed by atoms with E-state index in [1.54, 1.807) is 24.8 Å². The van der Waals surface area contributed by atoms with Gasteiger partial charge in [-0.15, -0.1) is 11.3 Å². The van der Waals surface area contributed by atoms with Crippen molar-refractivity contribution < 1.29 is 9.53 Å². The summed E-state index contributed by atoms with van der Waals surface area (Å²) < 4.78 is 5.31. The maximum Gasteiger partial charge on any atom is 0.237 e. The summed E-state index contributed by atoms with van der Waals surface area (Å²) in [4.78, 5) is 24.2. The molecule has 0 saturated heterocycles. The van der Waals surface area contributed by atoms with Crippen LogP contribution in [0.15, 0.2) is 35.6 Å². The number of benzene rings is 1. The minimum atomic E-state index is -0.285. The number of aryl methyl sites for hydroxylation is 2. The summed E-state index contributed by atoms with van der Waals surface area (Å²) in [6.07, 6.45) is 6.27. The minimum Gasteiger partial charge on any atom is -0.495 e. The van der Waals surface area contributed by atoms with Crippen molar-refractivity contribution in [2.24, 2.45) is 0 Å². The van der Waals surface area contributed by atoms with Crippen molar-refractivity contribution >= 4 is 44.9 Å². The van der Waals surface area contributed by atoms with Crippen LogP contribution in [-0.4, -0.2) is 28.2 Å². The van der Waals surface area contributed by atoms with Crippen molar-refractivity contribution in [3.63, 3.8) is 0 Å². The van der Waals surface area contributed by atoms with E-state index in [-0.39, 0.29) is 11.2 Å². The van der Waals surface area contributed by atoms with Crippen molar-refractivity contribution in [2.45, 2.75) is 42.9 Å². The molecule has 1 aromatic carbocycles. The molecular formula is C20H21N3O2S2. The van der Waals surface area contributed by atoms with Gasteiger partial charge in [0, 0.05) is 10.3 Å². The SMILES string of the molecule is COc1ccccc1NC(=O)[C@@H](C)Sc1ncnc2sc3c(c12)CCCC3. The van der Waals surface area contributed by atoms with E-state index in [9.17, 15) is 4.79 Å². The first-order chi connectivity index (χ1) is 13.2. The zero-order valence-corrected chi connectivity index (χ0v) is 17.0. The van der Waals surface area contributed by atoms with Crippen LogP contribution in [0.1, 0.15) is 30.2 Å². The molecule has 4 rings (SSSR count). The Morgan fingerprint density at radius 1 is 1.26 bits per heavy atom. The van der Waals surface area contributed by atoms with Crippen LogP contribution >= 0.6 is 23.1 Å². The summed E-state index contributed by atoms with van der Waals surface area (Å²) in [5.41, 5.74) is 2.07. The Labute approximate surface area is 166 Å². The van der Waals surface area contributed by atoms with E-state index in [4.69, 9.17) is 4.74 Å². The molecule has 1 N–H and O–H groups in total. The summed E-state index contributed by atoms with van der Waals surface area (Å²) in [6.45, 7) is 1.90. The first-order valence-electron chi connectivity index (χ1n) is 9.03. The Morgan fingerprint density at radius 2 is 2.07 bits per heavy atom. The Bertz CT molecular complexity index is 987. The molecule has 2 heterocycles. The number of amides is 1. The van der Waals surface area contributed by atoms with Crippen molar-refractivity contribution in [1.29, 1.82) is 0 Å². The first kappa shape index (κ1) is 18.3. The summed E-state index contributed by atoms with van der Waals surface area (Å²) >= 11 is 3.27. The molecule has 2 aromatic heterocycles. The maximum atomic E-state index is 12.7. The lowest BCUT2D eigenvalue weighted by Crippen LogP contribution is -2.22. The van der Waals surface area contributed by atoms with Crippen molar-refractivity contribution in [2.75, 3.05) is 12.4 Å². The van der Waals surface area contributed by atoms with E-state index >= 15 is 0 Å². The normalized spacial score (nSPS) is 14.6. The number of hydrogen-bond acceptors (Lipinski definition) is 6. The van der Waals surface area contributed by atoms with Crippen LogP contribution in [-0.2, 0) is 17.6 Å². The lowest BCUT2D eigenvalue weighted by Gasteiger charge is -2.15. The van der Waals surface area contributed by atoms with Gasteiger partial charge >= 0.3 is 0 Å². The molecule has 0 saturated carbocycles. The highest BCUT2D eigenvalue weighted by Gasteiger charge is 2.23. The molecule has 140 valence electrons. The smallest absolute Gasteiger partial charge is 0.237 e. The van der Waals surface area contributed by atoms with Crippen molar-refractivity contribution in [3.05, 3.63) is 41.0 Å². The number of nitrogens with zero attached hydrogens (tertiary/aromatic N) is 2. The summed E-state index contributed by atoms with van der Waals surface area (Å²) in [6, 6.07) is 7.43. The van der Waals surface area contributed by atoms with Gasteiger partial charge in [0.2, 0.25) is 5.91 Å². The minimum absolute atomic E-state index is 0.0691. The van der Waals surface area contributed by atoms with Gasteiger partial charge in [0.1, 0.15) is 21.9 Å². The number of thioether (sulfide) groups is 1. The van der Waals surface area contributed by atoms with Gasteiger partial charge in [-0.25, -0.2) is 9.97 Å². The zero-order valence-electron chi connectivity index (χ0n) is 15.3. The monoisotopic (exact) mass is 399 g/mol. The average molecular weight is 400 g/mol. The number of nitrogens with one attached hydrogen (secondary N) is 1. The summed E-state index contributed by atoms with van der Waals surface area (Å²) in [5.74, 6) is 0.583. The van der Waals surface area contributed by atoms with Crippen LogP contribution in [0.25, 0.3) is 10.2 Å². The fourth-order valence-electron chi connectivity index (χ4n) is 3.35. The lowest BCUT2D eigenvalue weighted by atomic mass is 9.97. The average Bonchev–Trinajstić information content (AvgIpc) is 3.08. The molecule has 5 nitrogen and oxygen atoms in total. The maximum absolute atomic E-state index is 12.7. The number of para-hydroxylation sites is 2. The quantitative estimate of drug-likeness (QED) is 0.498.